The number of likely N-dealkylation sites (tertiary alicyclic amines) is 1. The highest BCUT2D eigenvalue weighted by molar-refractivity contribution is 5.99. The predicted octanol–water partition coefficient (Wildman–Crippen LogP) is 2.14. The molecule has 2 saturated heterocycles. The number of carboxylic acids is 1. The van der Waals surface area contributed by atoms with Crippen LogP contribution in [0.5, 0.6) is 0 Å². The first kappa shape index (κ1) is 16.5. The molecule has 1 aromatic carbocycles. The Balaban J connectivity index is 1.80. The van der Waals surface area contributed by atoms with E-state index in [9.17, 15) is 19.5 Å². The Bertz CT molecular complexity index is 687. The fourth-order valence-electron chi connectivity index (χ4n) is 3.50. The Morgan fingerprint density at radius 3 is 2.67 bits per heavy atom. The summed E-state index contributed by atoms with van der Waals surface area (Å²) in [6.07, 6.45) is 2.63. The number of hydrogen-bond acceptors (Lipinski definition) is 3. The molecular weight excluding hydrogens is 308 g/mol. The lowest BCUT2D eigenvalue weighted by molar-refractivity contribution is -0.150. The first-order valence-corrected chi connectivity index (χ1v) is 8.34. The van der Waals surface area contributed by atoms with Gasteiger partial charge in [0.25, 0.3) is 5.91 Å². The quantitative estimate of drug-likeness (QED) is 0.921. The van der Waals surface area contributed by atoms with E-state index < -0.39 is 11.4 Å². The third kappa shape index (κ3) is 3.00. The largest absolute Gasteiger partial charge is 0.481 e. The molecule has 0 aromatic heterocycles. The maximum atomic E-state index is 12.8. The van der Waals surface area contributed by atoms with Crippen molar-refractivity contribution in [1.82, 2.24) is 4.90 Å². The SMILES string of the molecule is CC1(C(=O)O)CCCN(C(=O)c2cccc(N3CCCC3=O)c2)C1. The summed E-state index contributed by atoms with van der Waals surface area (Å²) in [7, 11) is 0. The Labute approximate surface area is 141 Å². The van der Waals surface area contributed by atoms with E-state index in [4.69, 9.17) is 0 Å². The third-order valence-electron chi connectivity index (χ3n) is 4.98. The van der Waals surface area contributed by atoms with Crippen LogP contribution in [0.3, 0.4) is 0 Å². The van der Waals surface area contributed by atoms with Gasteiger partial charge < -0.3 is 14.9 Å². The van der Waals surface area contributed by atoms with Crippen molar-refractivity contribution in [3.05, 3.63) is 29.8 Å². The van der Waals surface area contributed by atoms with Crippen LogP contribution in [0.25, 0.3) is 0 Å². The molecule has 128 valence electrons. The van der Waals surface area contributed by atoms with E-state index in [0.29, 0.717) is 37.9 Å². The van der Waals surface area contributed by atoms with Crippen molar-refractivity contribution in [2.45, 2.75) is 32.6 Å². The number of hydrogen-bond donors (Lipinski definition) is 1. The number of carbonyl (C=O) groups excluding carboxylic acids is 2. The summed E-state index contributed by atoms with van der Waals surface area (Å²) in [5.41, 5.74) is 0.347. The minimum atomic E-state index is -0.892. The monoisotopic (exact) mass is 330 g/mol. The molecule has 3 rings (SSSR count). The van der Waals surface area contributed by atoms with E-state index in [0.717, 1.165) is 12.1 Å². The number of nitrogens with zero attached hydrogens (tertiary/aromatic N) is 2. The van der Waals surface area contributed by atoms with Gasteiger partial charge in [0.05, 0.1) is 5.41 Å². The van der Waals surface area contributed by atoms with E-state index in [1.165, 1.54) is 0 Å². The fourth-order valence-corrected chi connectivity index (χ4v) is 3.50. The maximum absolute atomic E-state index is 12.8. The molecule has 0 radical (unpaired) electrons. The Morgan fingerprint density at radius 2 is 2.00 bits per heavy atom. The van der Waals surface area contributed by atoms with Crippen molar-refractivity contribution < 1.29 is 19.5 Å². The van der Waals surface area contributed by atoms with E-state index in [2.05, 4.69) is 0 Å². The first-order valence-electron chi connectivity index (χ1n) is 8.34. The molecule has 0 bridgehead atoms. The van der Waals surface area contributed by atoms with Gasteiger partial charge in [-0.25, -0.2) is 0 Å². The molecule has 1 aromatic rings. The second kappa shape index (κ2) is 6.26. The molecule has 24 heavy (non-hydrogen) atoms. The van der Waals surface area contributed by atoms with Crippen LogP contribution in [0.2, 0.25) is 0 Å². The van der Waals surface area contributed by atoms with Crippen molar-refractivity contribution in [3.8, 4) is 0 Å². The summed E-state index contributed by atoms with van der Waals surface area (Å²) in [6, 6.07) is 7.06. The second-order valence-corrected chi connectivity index (χ2v) is 6.90. The second-order valence-electron chi connectivity index (χ2n) is 6.90. The maximum Gasteiger partial charge on any atom is 0.311 e. The molecular formula is C18H22N2O4. The van der Waals surface area contributed by atoms with Crippen LogP contribution in [0, 0.1) is 5.41 Å². The highest BCUT2D eigenvalue weighted by atomic mass is 16.4. The molecule has 2 amide bonds. The minimum Gasteiger partial charge on any atom is -0.481 e. The molecule has 2 heterocycles. The molecule has 0 spiro atoms. The van der Waals surface area contributed by atoms with Crippen molar-refractivity contribution in [2.24, 2.45) is 5.41 Å². The zero-order valence-corrected chi connectivity index (χ0v) is 13.8. The van der Waals surface area contributed by atoms with Crippen LogP contribution in [0.1, 0.15) is 43.0 Å². The number of amides is 2. The van der Waals surface area contributed by atoms with E-state index >= 15 is 0 Å². The summed E-state index contributed by atoms with van der Waals surface area (Å²) < 4.78 is 0. The van der Waals surface area contributed by atoms with Crippen molar-refractivity contribution in [1.29, 1.82) is 0 Å². The van der Waals surface area contributed by atoms with Gasteiger partial charge in [-0.1, -0.05) is 6.07 Å². The Kier molecular flexibility index (Phi) is 4.30. The topological polar surface area (TPSA) is 77.9 Å². The van der Waals surface area contributed by atoms with Crippen LogP contribution in [-0.4, -0.2) is 47.4 Å². The smallest absolute Gasteiger partial charge is 0.311 e. The number of aliphatic carboxylic acids is 1. The van der Waals surface area contributed by atoms with Gasteiger partial charge in [0.2, 0.25) is 5.91 Å². The Hall–Kier alpha value is -2.37. The zero-order valence-electron chi connectivity index (χ0n) is 13.8. The average Bonchev–Trinajstić information content (AvgIpc) is 3.00. The van der Waals surface area contributed by atoms with Gasteiger partial charge in [-0.05, 0) is 44.4 Å². The first-order chi connectivity index (χ1) is 11.4. The van der Waals surface area contributed by atoms with Gasteiger partial charge in [-0.15, -0.1) is 0 Å². The number of carbonyl (C=O) groups is 3. The molecule has 1 N–H and O–H groups in total. The van der Waals surface area contributed by atoms with E-state index in [1.807, 2.05) is 6.07 Å². The average molecular weight is 330 g/mol. The van der Waals surface area contributed by atoms with E-state index in [1.54, 1.807) is 34.9 Å². The lowest BCUT2D eigenvalue weighted by Gasteiger charge is -2.37. The van der Waals surface area contributed by atoms with Crippen LogP contribution >= 0.6 is 0 Å². The molecule has 2 fully saturated rings. The number of benzene rings is 1. The number of piperidine rings is 1. The number of rotatable bonds is 3. The molecule has 0 saturated carbocycles. The van der Waals surface area contributed by atoms with Gasteiger partial charge in [0, 0.05) is 37.3 Å². The van der Waals surface area contributed by atoms with Crippen molar-refractivity contribution in [2.75, 3.05) is 24.5 Å². The van der Waals surface area contributed by atoms with Crippen molar-refractivity contribution >= 4 is 23.5 Å². The van der Waals surface area contributed by atoms with Crippen LogP contribution in [0.4, 0.5) is 5.69 Å². The lowest BCUT2D eigenvalue weighted by atomic mass is 9.82. The lowest BCUT2D eigenvalue weighted by Crippen LogP contribution is -2.48. The highest BCUT2D eigenvalue weighted by Crippen LogP contribution is 2.31. The van der Waals surface area contributed by atoms with Crippen molar-refractivity contribution in [3.63, 3.8) is 0 Å². The summed E-state index contributed by atoms with van der Waals surface area (Å²) in [5.74, 6) is -0.955. The molecule has 1 unspecified atom stereocenters. The summed E-state index contributed by atoms with van der Waals surface area (Å²) >= 11 is 0. The molecule has 6 heteroatoms. The minimum absolute atomic E-state index is 0.0797. The highest BCUT2D eigenvalue weighted by Gasteiger charge is 2.39. The Morgan fingerprint density at radius 1 is 1.21 bits per heavy atom. The molecule has 2 aliphatic rings. The van der Waals surface area contributed by atoms with Gasteiger partial charge in [-0.2, -0.15) is 0 Å². The molecule has 6 nitrogen and oxygen atoms in total. The van der Waals surface area contributed by atoms with E-state index in [-0.39, 0.29) is 18.4 Å². The number of anilines is 1. The predicted molar refractivity (Wildman–Crippen MR) is 88.9 cm³/mol. The van der Waals surface area contributed by atoms with Gasteiger partial charge in [-0.3, -0.25) is 14.4 Å². The zero-order chi connectivity index (χ0) is 17.3. The standard InChI is InChI=1S/C18H22N2O4/c1-18(17(23)24)8-4-9-19(12-18)16(22)13-5-2-6-14(11-13)20-10-3-7-15(20)21/h2,5-6,11H,3-4,7-10,12H2,1H3,(H,23,24). The summed E-state index contributed by atoms with van der Waals surface area (Å²) in [4.78, 5) is 39.5. The summed E-state index contributed by atoms with van der Waals surface area (Å²) in [5, 5.41) is 9.40. The summed E-state index contributed by atoms with van der Waals surface area (Å²) in [6.45, 7) is 3.15. The number of carboxylic acid groups (broad SMARTS) is 1. The molecule has 1 atom stereocenters. The van der Waals surface area contributed by atoms with Gasteiger partial charge in [0.15, 0.2) is 0 Å². The van der Waals surface area contributed by atoms with Crippen LogP contribution in [-0.2, 0) is 9.59 Å². The molecule has 0 aliphatic carbocycles. The normalized spacial score (nSPS) is 24.3. The van der Waals surface area contributed by atoms with Gasteiger partial charge in [0.1, 0.15) is 0 Å². The third-order valence-corrected chi connectivity index (χ3v) is 4.98. The fraction of sp³-hybridized carbons (Fsp3) is 0.500. The van der Waals surface area contributed by atoms with Crippen LogP contribution < -0.4 is 4.90 Å². The molecule has 2 aliphatic heterocycles. The van der Waals surface area contributed by atoms with Crippen LogP contribution in [0.15, 0.2) is 24.3 Å². The van der Waals surface area contributed by atoms with Gasteiger partial charge >= 0.3 is 5.97 Å².